The van der Waals surface area contributed by atoms with Gasteiger partial charge in [-0.1, -0.05) is 30.3 Å². The van der Waals surface area contributed by atoms with Crippen molar-refractivity contribution in [2.45, 2.75) is 20.5 Å². The average molecular weight is 370 g/mol. The summed E-state index contributed by atoms with van der Waals surface area (Å²) in [4.78, 5) is 35.6. The highest BCUT2D eigenvalue weighted by Crippen LogP contribution is 2.18. The molecule has 0 saturated heterocycles. The number of anilines is 1. The molecule has 0 spiro atoms. The van der Waals surface area contributed by atoms with Gasteiger partial charge in [0, 0.05) is 5.69 Å². The number of nitrogens with one attached hydrogen (secondary N) is 2. The van der Waals surface area contributed by atoms with Crippen molar-refractivity contribution in [2.75, 3.05) is 18.5 Å². The molecule has 7 heteroatoms. The predicted octanol–water partition coefficient (Wildman–Crippen LogP) is 1.71. The zero-order chi connectivity index (χ0) is 19.8. The number of carbonyl (C=O) groups is 3. The number of benzene rings is 2. The minimum atomic E-state index is -0.658. The van der Waals surface area contributed by atoms with Crippen LogP contribution in [-0.4, -0.2) is 36.0 Å². The summed E-state index contributed by atoms with van der Waals surface area (Å²) >= 11 is 0. The van der Waals surface area contributed by atoms with Crippen LogP contribution in [0.2, 0.25) is 0 Å². The molecule has 0 fully saturated rings. The first-order valence-electron chi connectivity index (χ1n) is 8.40. The van der Waals surface area contributed by atoms with Gasteiger partial charge < -0.3 is 20.5 Å². The molecule has 0 aliphatic heterocycles. The predicted molar refractivity (Wildman–Crippen MR) is 100 cm³/mol. The van der Waals surface area contributed by atoms with Gasteiger partial charge in [-0.3, -0.25) is 9.59 Å². The minimum Gasteiger partial charge on any atom is -0.452 e. The van der Waals surface area contributed by atoms with Gasteiger partial charge in [-0.15, -0.1) is 0 Å². The van der Waals surface area contributed by atoms with Gasteiger partial charge in [0.1, 0.15) is 0 Å². The van der Waals surface area contributed by atoms with Gasteiger partial charge in [-0.25, -0.2) is 4.79 Å². The molecular formula is C20H22N2O5. The maximum Gasteiger partial charge on any atom is 0.338 e. The van der Waals surface area contributed by atoms with E-state index in [2.05, 4.69) is 10.6 Å². The van der Waals surface area contributed by atoms with Crippen molar-refractivity contribution in [3.05, 3.63) is 64.7 Å². The van der Waals surface area contributed by atoms with Gasteiger partial charge in [0.2, 0.25) is 5.91 Å². The van der Waals surface area contributed by atoms with Gasteiger partial charge in [0.25, 0.3) is 5.91 Å². The summed E-state index contributed by atoms with van der Waals surface area (Å²) in [7, 11) is 0. The van der Waals surface area contributed by atoms with Gasteiger partial charge in [0.15, 0.2) is 6.61 Å². The maximum atomic E-state index is 12.0. The summed E-state index contributed by atoms with van der Waals surface area (Å²) in [6, 6.07) is 11.9. The third-order valence-electron chi connectivity index (χ3n) is 3.90. The lowest BCUT2D eigenvalue weighted by Crippen LogP contribution is -2.35. The molecule has 0 aliphatic rings. The van der Waals surface area contributed by atoms with Crippen molar-refractivity contribution in [3.8, 4) is 0 Å². The highest BCUT2D eigenvalue weighted by atomic mass is 16.5. The molecular weight excluding hydrogens is 348 g/mol. The molecule has 0 saturated carbocycles. The Morgan fingerprint density at radius 1 is 0.963 bits per heavy atom. The summed E-state index contributed by atoms with van der Waals surface area (Å²) in [6.45, 7) is 2.93. The van der Waals surface area contributed by atoms with Crippen LogP contribution < -0.4 is 10.6 Å². The van der Waals surface area contributed by atoms with E-state index in [-0.39, 0.29) is 24.6 Å². The molecule has 0 aromatic heterocycles. The molecule has 2 amide bonds. The van der Waals surface area contributed by atoms with E-state index >= 15 is 0 Å². The van der Waals surface area contributed by atoms with Crippen LogP contribution in [0.1, 0.15) is 27.0 Å². The van der Waals surface area contributed by atoms with Crippen molar-refractivity contribution in [2.24, 2.45) is 0 Å². The minimum absolute atomic E-state index is 0.123. The van der Waals surface area contributed by atoms with Crippen LogP contribution in [0.25, 0.3) is 0 Å². The maximum absolute atomic E-state index is 12.0. The number of amides is 2. The summed E-state index contributed by atoms with van der Waals surface area (Å²) in [5.74, 6) is -1.60. The molecule has 0 heterocycles. The van der Waals surface area contributed by atoms with Crippen molar-refractivity contribution < 1.29 is 24.2 Å². The Bertz CT molecular complexity index is 811. The lowest BCUT2D eigenvalue weighted by atomic mass is 10.1. The first-order chi connectivity index (χ1) is 12.9. The quantitative estimate of drug-likeness (QED) is 0.644. The summed E-state index contributed by atoms with van der Waals surface area (Å²) in [6.07, 6.45) is 0. The Labute approximate surface area is 157 Å². The second-order valence-corrected chi connectivity index (χ2v) is 6.02. The fourth-order valence-corrected chi connectivity index (χ4v) is 2.39. The number of rotatable bonds is 7. The lowest BCUT2D eigenvalue weighted by Gasteiger charge is -2.12. The molecule has 0 atom stereocenters. The number of esters is 1. The highest BCUT2D eigenvalue weighted by Gasteiger charge is 2.12. The number of para-hydroxylation sites is 1. The van der Waals surface area contributed by atoms with Crippen LogP contribution in [0, 0.1) is 13.8 Å². The fraction of sp³-hybridized carbons (Fsp3) is 0.250. The summed E-state index contributed by atoms with van der Waals surface area (Å²) < 4.78 is 4.91. The number of aliphatic hydroxyl groups excluding tert-OH is 1. The summed E-state index contributed by atoms with van der Waals surface area (Å²) in [5.41, 5.74) is 3.51. The molecule has 27 heavy (non-hydrogen) atoms. The molecule has 0 bridgehead atoms. The van der Waals surface area contributed by atoms with Gasteiger partial charge in [0.05, 0.1) is 18.7 Å². The first-order valence-corrected chi connectivity index (χ1v) is 8.40. The fourth-order valence-electron chi connectivity index (χ4n) is 2.39. The number of ether oxygens (including phenoxy) is 1. The van der Waals surface area contributed by atoms with E-state index in [1.54, 1.807) is 12.1 Å². The second kappa shape index (κ2) is 9.49. The SMILES string of the molecule is Cc1cccc(C)c1NC(=O)CNC(=O)COC(=O)c1ccc(CO)cc1. The standard InChI is InChI=1S/C20H22N2O5/c1-13-4-3-5-14(2)19(13)22-17(24)10-21-18(25)12-27-20(26)16-8-6-15(11-23)7-9-16/h3-9,23H,10-12H2,1-2H3,(H,21,25)(H,22,24). The number of hydrogen-bond acceptors (Lipinski definition) is 5. The molecule has 2 aromatic rings. The van der Waals surface area contributed by atoms with Gasteiger partial charge in [-0.05, 0) is 42.7 Å². The van der Waals surface area contributed by atoms with Crippen LogP contribution >= 0.6 is 0 Å². The summed E-state index contributed by atoms with van der Waals surface area (Å²) in [5, 5.41) is 14.1. The Balaban J connectivity index is 1.76. The second-order valence-electron chi connectivity index (χ2n) is 6.02. The van der Waals surface area contributed by atoms with Crippen molar-refractivity contribution in [1.29, 1.82) is 0 Å². The van der Waals surface area contributed by atoms with Crippen LogP contribution in [-0.2, 0) is 20.9 Å². The first kappa shape index (κ1) is 20.1. The Kier molecular flexibility index (Phi) is 7.08. The Morgan fingerprint density at radius 3 is 2.19 bits per heavy atom. The molecule has 2 rings (SSSR count). The Morgan fingerprint density at radius 2 is 1.59 bits per heavy atom. The van der Waals surface area contributed by atoms with E-state index in [9.17, 15) is 14.4 Å². The zero-order valence-corrected chi connectivity index (χ0v) is 15.2. The molecule has 3 N–H and O–H groups in total. The van der Waals surface area contributed by atoms with E-state index in [0.717, 1.165) is 16.8 Å². The number of hydrogen-bond donors (Lipinski definition) is 3. The third kappa shape index (κ3) is 5.93. The zero-order valence-electron chi connectivity index (χ0n) is 15.2. The third-order valence-corrected chi connectivity index (χ3v) is 3.90. The van der Waals surface area contributed by atoms with Crippen LogP contribution in [0.3, 0.4) is 0 Å². The highest BCUT2D eigenvalue weighted by molar-refractivity contribution is 5.96. The lowest BCUT2D eigenvalue weighted by molar-refractivity contribution is -0.126. The Hall–Kier alpha value is -3.19. The van der Waals surface area contributed by atoms with Gasteiger partial charge >= 0.3 is 5.97 Å². The van der Waals surface area contributed by atoms with E-state index < -0.39 is 18.5 Å². The smallest absolute Gasteiger partial charge is 0.338 e. The molecule has 0 aliphatic carbocycles. The van der Waals surface area contributed by atoms with E-state index in [1.165, 1.54) is 12.1 Å². The number of aryl methyl sites for hydroxylation is 2. The van der Waals surface area contributed by atoms with Crippen molar-refractivity contribution in [3.63, 3.8) is 0 Å². The molecule has 0 unspecified atom stereocenters. The molecule has 0 radical (unpaired) electrons. The van der Waals surface area contributed by atoms with E-state index in [1.807, 2.05) is 32.0 Å². The normalized spacial score (nSPS) is 10.2. The van der Waals surface area contributed by atoms with Gasteiger partial charge in [-0.2, -0.15) is 0 Å². The molecule has 142 valence electrons. The van der Waals surface area contributed by atoms with Crippen LogP contribution in [0.15, 0.2) is 42.5 Å². The largest absolute Gasteiger partial charge is 0.452 e. The van der Waals surface area contributed by atoms with E-state index in [4.69, 9.17) is 9.84 Å². The van der Waals surface area contributed by atoms with Crippen molar-refractivity contribution >= 4 is 23.5 Å². The number of aliphatic hydroxyl groups is 1. The van der Waals surface area contributed by atoms with Crippen LogP contribution in [0.5, 0.6) is 0 Å². The van der Waals surface area contributed by atoms with Crippen LogP contribution in [0.4, 0.5) is 5.69 Å². The van der Waals surface area contributed by atoms with Crippen molar-refractivity contribution in [1.82, 2.24) is 5.32 Å². The molecule has 2 aromatic carbocycles. The van der Waals surface area contributed by atoms with E-state index in [0.29, 0.717) is 5.56 Å². The molecule has 7 nitrogen and oxygen atoms in total. The topological polar surface area (TPSA) is 105 Å². The average Bonchev–Trinajstić information content (AvgIpc) is 2.67. The monoisotopic (exact) mass is 370 g/mol. The number of carbonyl (C=O) groups excluding carboxylic acids is 3.